The number of alkyl halides is 2. The van der Waals surface area contributed by atoms with Gasteiger partial charge in [0.15, 0.2) is 6.61 Å². The maximum atomic E-state index is 12.8. The Morgan fingerprint density at radius 1 is 1.03 bits per heavy atom. The smallest absolute Gasteiger partial charge is 0.337 e. The summed E-state index contributed by atoms with van der Waals surface area (Å²) in [7, 11) is 1.27. The molecule has 4 rings (SSSR count). The second kappa shape index (κ2) is 8.93. The van der Waals surface area contributed by atoms with Crippen LogP contribution in [0.2, 0.25) is 0 Å². The van der Waals surface area contributed by atoms with E-state index in [1.807, 2.05) is 0 Å². The SMILES string of the molecule is COC(=O)c1ccc(NC(=O)COC(=O)CN2C(=O)[C@@H]3[C@H]4C[C@@H]([C@H](Br)[C@H]4Br)[C@@H]3C2=O)cc1. The Morgan fingerprint density at radius 3 is 2.12 bits per heavy atom. The number of hydrogen-bond acceptors (Lipinski definition) is 7. The number of fused-ring (bicyclic) bond motifs is 5. The summed E-state index contributed by atoms with van der Waals surface area (Å²) in [5.74, 6) is -3.32. The van der Waals surface area contributed by atoms with E-state index < -0.39 is 42.8 Å². The van der Waals surface area contributed by atoms with Crippen molar-refractivity contribution in [3.63, 3.8) is 0 Å². The molecule has 3 amide bonds. The highest BCUT2D eigenvalue weighted by atomic mass is 79.9. The highest BCUT2D eigenvalue weighted by Gasteiger charge is 2.66. The Bertz CT molecular complexity index is 951. The highest BCUT2D eigenvalue weighted by molar-refractivity contribution is 9.12. The lowest BCUT2D eigenvalue weighted by Crippen LogP contribution is -2.38. The van der Waals surface area contributed by atoms with Crippen LogP contribution in [0.3, 0.4) is 0 Å². The molecule has 3 aliphatic rings. The van der Waals surface area contributed by atoms with Gasteiger partial charge in [-0.25, -0.2) is 4.79 Å². The summed E-state index contributed by atoms with van der Waals surface area (Å²) in [4.78, 5) is 62.5. The van der Waals surface area contributed by atoms with E-state index in [0.717, 1.165) is 11.3 Å². The summed E-state index contributed by atoms with van der Waals surface area (Å²) in [6.07, 6.45) is 0.803. The molecule has 6 atom stereocenters. The van der Waals surface area contributed by atoms with Crippen molar-refractivity contribution in [1.82, 2.24) is 4.90 Å². The van der Waals surface area contributed by atoms with Crippen molar-refractivity contribution in [3.8, 4) is 0 Å². The van der Waals surface area contributed by atoms with Gasteiger partial charge in [0.25, 0.3) is 5.91 Å². The third-order valence-corrected chi connectivity index (χ3v) is 9.53. The number of benzene rings is 1. The number of anilines is 1. The molecular formula is C21H20Br2N2O7. The molecule has 1 aromatic carbocycles. The summed E-state index contributed by atoms with van der Waals surface area (Å²) in [5, 5.41) is 2.53. The predicted molar refractivity (Wildman–Crippen MR) is 118 cm³/mol. The first-order valence-corrected chi connectivity index (χ1v) is 11.8. The molecule has 1 saturated heterocycles. The molecule has 1 heterocycles. The molecule has 0 radical (unpaired) electrons. The number of amides is 3. The Balaban J connectivity index is 1.28. The normalized spacial score (nSPS) is 30.3. The molecule has 1 aromatic rings. The molecule has 2 bridgehead atoms. The molecule has 2 aliphatic carbocycles. The van der Waals surface area contributed by atoms with Gasteiger partial charge in [-0.3, -0.25) is 24.1 Å². The number of likely N-dealkylation sites (tertiary alicyclic amines) is 1. The molecule has 9 nitrogen and oxygen atoms in total. The topological polar surface area (TPSA) is 119 Å². The number of esters is 2. The van der Waals surface area contributed by atoms with Gasteiger partial charge in [-0.15, -0.1) is 0 Å². The summed E-state index contributed by atoms with van der Waals surface area (Å²) >= 11 is 7.22. The summed E-state index contributed by atoms with van der Waals surface area (Å²) < 4.78 is 9.56. The van der Waals surface area contributed by atoms with Gasteiger partial charge in [0, 0.05) is 15.3 Å². The number of methoxy groups -OCH3 is 1. The fourth-order valence-corrected chi connectivity index (χ4v) is 6.77. The molecule has 170 valence electrons. The maximum Gasteiger partial charge on any atom is 0.337 e. The summed E-state index contributed by atoms with van der Waals surface area (Å²) in [6, 6.07) is 5.98. The molecule has 11 heteroatoms. The van der Waals surface area contributed by atoms with Crippen LogP contribution in [0.15, 0.2) is 24.3 Å². The van der Waals surface area contributed by atoms with Crippen LogP contribution in [0.4, 0.5) is 5.69 Å². The lowest BCUT2D eigenvalue weighted by atomic mass is 9.81. The van der Waals surface area contributed by atoms with Crippen molar-refractivity contribution in [2.45, 2.75) is 16.1 Å². The molecule has 0 unspecified atom stereocenters. The van der Waals surface area contributed by atoms with Gasteiger partial charge in [-0.2, -0.15) is 0 Å². The zero-order valence-electron chi connectivity index (χ0n) is 17.0. The van der Waals surface area contributed by atoms with Gasteiger partial charge >= 0.3 is 11.9 Å². The van der Waals surface area contributed by atoms with Gasteiger partial charge in [0.05, 0.1) is 24.5 Å². The van der Waals surface area contributed by atoms with Crippen LogP contribution < -0.4 is 5.32 Å². The Kier molecular flexibility index (Phi) is 6.39. The molecule has 1 aliphatic heterocycles. The number of nitrogens with zero attached hydrogens (tertiary/aromatic N) is 1. The number of halogens is 2. The molecule has 32 heavy (non-hydrogen) atoms. The number of carbonyl (C=O) groups excluding carboxylic acids is 5. The quantitative estimate of drug-likeness (QED) is 0.314. The lowest BCUT2D eigenvalue weighted by molar-refractivity contribution is -0.154. The monoisotopic (exact) mass is 570 g/mol. The van der Waals surface area contributed by atoms with Crippen molar-refractivity contribution in [2.24, 2.45) is 23.7 Å². The minimum atomic E-state index is -0.832. The van der Waals surface area contributed by atoms with Crippen LogP contribution >= 0.6 is 31.9 Å². The van der Waals surface area contributed by atoms with Gasteiger partial charge in [0.1, 0.15) is 6.54 Å². The number of imide groups is 1. The van der Waals surface area contributed by atoms with E-state index in [-0.39, 0.29) is 33.3 Å². The number of hydrogen-bond donors (Lipinski definition) is 1. The average Bonchev–Trinajstić information content (AvgIpc) is 3.38. The third-order valence-electron chi connectivity index (χ3n) is 6.32. The van der Waals surface area contributed by atoms with E-state index in [0.29, 0.717) is 11.3 Å². The number of rotatable bonds is 6. The molecular weight excluding hydrogens is 552 g/mol. The molecule has 3 fully saturated rings. The second-order valence-electron chi connectivity index (χ2n) is 8.04. The fourth-order valence-electron chi connectivity index (χ4n) is 4.89. The van der Waals surface area contributed by atoms with Crippen LogP contribution in [-0.2, 0) is 28.7 Å². The van der Waals surface area contributed by atoms with Crippen LogP contribution in [0, 0.1) is 23.7 Å². The van der Waals surface area contributed by atoms with E-state index in [4.69, 9.17) is 4.74 Å². The van der Waals surface area contributed by atoms with E-state index in [1.165, 1.54) is 31.4 Å². The largest absolute Gasteiger partial charge is 0.465 e. The Labute approximate surface area is 200 Å². The van der Waals surface area contributed by atoms with E-state index in [1.54, 1.807) is 0 Å². The predicted octanol–water partition coefficient (Wildman–Crippen LogP) is 1.73. The maximum absolute atomic E-state index is 12.8. The minimum Gasteiger partial charge on any atom is -0.465 e. The van der Waals surface area contributed by atoms with E-state index in [2.05, 4.69) is 41.9 Å². The zero-order valence-corrected chi connectivity index (χ0v) is 20.1. The Hall–Kier alpha value is -2.27. The molecule has 0 aromatic heterocycles. The molecule has 1 N–H and O–H groups in total. The van der Waals surface area contributed by atoms with Crippen molar-refractivity contribution in [2.75, 3.05) is 25.6 Å². The molecule has 2 saturated carbocycles. The summed E-state index contributed by atoms with van der Waals surface area (Å²) in [5.41, 5.74) is 0.730. The Morgan fingerprint density at radius 2 is 1.59 bits per heavy atom. The van der Waals surface area contributed by atoms with Gasteiger partial charge in [0.2, 0.25) is 11.8 Å². The number of nitrogens with one attached hydrogen (secondary N) is 1. The minimum absolute atomic E-state index is 0.0585. The van der Waals surface area contributed by atoms with E-state index >= 15 is 0 Å². The van der Waals surface area contributed by atoms with Crippen molar-refractivity contribution < 1.29 is 33.4 Å². The second-order valence-corrected chi connectivity index (χ2v) is 10.2. The zero-order chi connectivity index (χ0) is 23.2. The first kappa shape index (κ1) is 22.9. The first-order valence-electron chi connectivity index (χ1n) is 10.00. The summed E-state index contributed by atoms with van der Waals surface area (Å²) in [6.45, 7) is -1.08. The molecule has 0 spiro atoms. The standard InChI is InChI=1S/C21H20Br2N2O7/c1-31-21(30)9-2-4-10(5-3-9)24-13(26)8-32-14(27)7-25-19(28)15-11-6-12(16(15)20(25)29)18(23)17(11)22/h2-5,11-12,15-18H,6-8H2,1H3,(H,24,26)/t11-,12-,15-,16+,17+,18+/m1/s1. The van der Waals surface area contributed by atoms with Crippen molar-refractivity contribution >= 4 is 67.2 Å². The fraction of sp³-hybridized carbons (Fsp3) is 0.476. The van der Waals surface area contributed by atoms with Crippen molar-refractivity contribution in [1.29, 1.82) is 0 Å². The van der Waals surface area contributed by atoms with Crippen LogP contribution in [0.1, 0.15) is 16.8 Å². The van der Waals surface area contributed by atoms with Gasteiger partial charge < -0.3 is 14.8 Å². The van der Waals surface area contributed by atoms with Gasteiger partial charge in [-0.1, -0.05) is 31.9 Å². The lowest BCUT2D eigenvalue weighted by Gasteiger charge is -2.28. The van der Waals surface area contributed by atoms with Crippen LogP contribution in [0.5, 0.6) is 0 Å². The van der Waals surface area contributed by atoms with Crippen molar-refractivity contribution in [3.05, 3.63) is 29.8 Å². The van der Waals surface area contributed by atoms with Gasteiger partial charge in [-0.05, 0) is 42.5 Å². The van der Waals surface area contributed by atoms with Crippen LogP contribution in [-0.4, -0.2) is 64.5 Å². The first-order chi connectivity index (χ1) is 15.2. The third kappa shape index (κ3) is 3.96. The number of ether oxygens (including phenoxy) is 2. The van der Waals surface area contributed by atoms with Crippen LogP contribution in [0.25, 0.3) is 0 Å². The van der Waals surface area contributed by atoms with E-state index in [9.17, 15) is 24.0 Å². The highest BCUT2D eigenvalue weighted by Crippen LogP contribution is 2.60. The average molecular weight is 572 g/mol. The number of carbonyl (C=O) groups is 5.